The van der Waals surface area contributed by atoms with Crippen molar-refractivity contribution in [2.24, 2.45) is 0 Å². The van der Waals surface area contributed by atoms with Gasteiger partial charge in [-0.1, -0.05) is 11.6 Å². The van der Waals surface area contributed by atoms with Crippen molar-refractivity contribution in [3.8, 4) is 0 Å². The minimum Gasteiger partial charge on any atom is -0.464 e. The van der Waals surface area contributed by atoms with E-state index in [1.807, 2.05) is 0 Å². The Labute approximate surface area is 104 Å². The van der Waals surface area contributed by atoms with Crippen LogP contribution >= 0.6 is 11.6 Å². The summed E-state index contributed by atoms with van der Waals surface area (Å²) in [5.74, 6) is 0.819. The minimum absolute atomic E-state index is 0.226. The highest BCUT2D eigenvalue weighted by molar-refractivity contribution is 6.31. The molecule has 0 spiro atoms. The summed E-state index contributed by atoms with van der Waals surface area (Å²) in [5.41, 5.74) is 0.563. The monoisotopic (exact) mass is 254 g/mol. The fraction of sp³-hybridized carbons (Fsp3) is 0.231. The number of aliphatic hydroxyl groups excluding tert-OH is 1. The Balaban J connectivity index is 2.18. The molecular formula is C13H12ClFO2. The minimum atomic E-state index is -0.817. The van der Waals surface area contributed by atoms with Crippen molar-refractivity contribution in [1.82, 2.24) is 0 Å². The fourth-order valence-electron chi connectivity index (χ4n) is 1.64. The largest absolute Gasteiger partial charge is 0.464 e. The first kappa shape index (κ1) is 12.1. The molecule has 0 radical (unpaired) electrons. The third kappa shape index (κ3) is 2.87. The summed E-state index contributed by atoms with van der Waals surface area (Å²) < 4.78 is 18.3. The molecule has 17 heavy (non-hydrogen) atoms. The quantitative estimate of drug-likeness (QED) is 0.907. The number of hydrogen-bond donors (Lipinski definition) is 1. The zero-order valence-corrected chi connectivity index (χ0v) is 10.0. The lowest BCUT2D eigenvalue weighted by atomic mass is 10.1. The number of benzene rings is 1. The normalized spacial score (nSPS) is 12.7. The van der Waals surface area contributed by atoms with Crippen molar-refractivity contribution in [3.63, 3.8) is 0 Å². The highest BCUT2D eigenvalue weighted by Gasteiger charge is 2.14. The molecule has 1 unspecified atom stereocenters. The van der Waals surface area contributed by atoms with Crippen LogP contribution in [0.3, 0.4) is 0 Å². The zero-order chi connectivity index (χ0) is 12.4. The van der Waals surface area contributed by atoms with E-state index in [1.54, 1.807) is 19.1 Å². The Morgan fingerprint density at radius 1 is 1.35 bits per heavy atom. The van der Waals surface area contributed by atoms with Crippen LogP contribution in [0.15, 0.2) is 34.7 Å². The van der Waals surface area contributed by atoms with Gasteiger partial charge in [0.05, 0.1) is 0 Å². The predicted molar refractivity (Wildman–Crippen MR) is 63.5 cm³/mol. The van der Waals surface area contributed by atoms with Crippen LogP contribution in [0.5, 0.6) is 0 Å². The maximum atomic E-state index is 13.0. The predicted octanol–water partition coefficient (Wildman–Crippen LogP) is 3.66. The molecule has 0 aliphatic carbocycles. The van der Waals surface area contributed by atoms with Gasteiger partial charge in [-0.25, -0.2) is 4.39 Å². The molecule has 2 rings (SSSR count). The van der Waals surface area contributed by atoms with E-state index in [4.69, 9.17) is 16.0 Å². The van der Waals surface area contributed by atoms with Crippen molar-refractivity contribution in [2.45, 2.75) is 19.4 Å². The smallest absolute Gasteiger partial charge is 0.132 e. The van der Waals surface area contributed by atoms with Gasteiger partial charge in [0.15, 0.2) is 0 Å². The van der Waals surface area contributed by atoms with Gasteiger partial charge in [-0.15, -0.1) is 0 Å². The van der Waals surface area contributed by atoms with Crippen LogP contribution in [0.4, 0.5) is 4.39 Å². The second-order valence-corrected chi connectivity index (χ2v) is 4.31. The summed E-state index contributed by atoms with van der Waals surface area (Å²) in [4.78, 5) is 0. The summed E-state index contributed by atoms with van der Waals surface area (Å²) in [6.07, 6.45) is -0.591. The van der Waals surface area contributed by atoms with Crippen molar-refractivity contribution >= 4 is 11.6 Å². The number of hydrogen-bond acceptors (Lipinski definition) is 2. The number of aliphatic hydroxyl groups is 1. The van der Waals surface area contributed by atoms with Gasteiger partial charge in [-0.05, 0) is 42.8 Å². The van der Waals surface area contributed by atoms with E-state index in [1.165, 1.54) is 18.2 Å². The third-order valence-electron chi connectivity index (χ3n) is 2.51. The first-order valence-corrected chi connectivity index (χ1v) is 5.62. The van der Waals surface area contributed by atoms with E-state index in [0.717, 1.165) is 5.76 Å². The van der Waals surface area contributed by atoms with Gasteiger partial charge in [0.25, 0.3) is 0 Å². The second-order valence-electron chi connectivity index (χ2n) is 3.90. The van der Waals surface area contributed by atoms with Gasteiger partial charge in [0, 0.05) is 11.4 Å². The summed E-state index contributed by atoms with van der Waals surface area (Å²) in [5, 5.41) is 10.4. The van der Waals surface area contributed by atoms with Gasteiger partial charge in [0.2, 0.25) is 0 Å². The number of halogens is 2. The SMILES string of the molecule is Cc1ccc(C(O)Cc2cc(F)ccc2Cl)o1. The van der Waals surface area contributed by atoms with Gasteiger partial charge in [0.1, 0.15) is 23.4 Å². The Hall–Kier alpha value is -1.32. The summed E-state index contributed by atoms with van der Waals surface area (Å²) in [6, 6.07) is 7.56. The van der Waals surface area contributed by atoms with Crippen LogP contribution in [0.2, 0.25) is 5.02 Å². The molecule has 0 fully saturated rings. The van der Waals surface area contributed by atoms with Crippen LogP contribution in [0, 0.1) is 12.7 Å². The lowest BCUT2D eigenvalue weighted by Gasteiger charge is -2.09. The van der Waals surface area contributed by atoms with E-state index >= 15 is 0 Å². The molecule has 4 heteroatoms. The Kier molecular flexibility index (Phi) is 3.50. The highest BCUT2D eigenvalue weighted by Crippen LogP contribution is 2.25. The first-order valence-electron chi connectivity index (χ1n) is 5.24. The van der Waals surface area contributed by atoms with Crippen LogP contribution in [-0.4, -0.2) is 5.11 Å². The molecule has 0 aliphatic rings. The number of aryl methyl sites for hydroxylation is 1. The maximum Gasteiger partial charge on any atom is 0.132 e. The van der Waals surface area contributed by atoms with Crippen molar-refractivity contribution in [2.75, 3.05) is 0 Å². The fourth-order valence-corrected chi connectivity index (χ4v) is 1.84. The highest BCUT2D eigenvalue weighted by atomic mass is 35.5. The van der Waals surface area contributed by atoms with Crippen molar-refractivity contribution < 1.29 is 13.9 Å². The Morgan fingerprint density at radius 3 is 2.76 bits per heavy atom. The molecule has 2 aromatic rings. The molecule has 1 aromatic carbocycles. The van der Waals surface area contributed by atoms with Gasteiger partial charge >= 0.3 is 0 Å². The zero-order valence-electron chi connectivity index (χ0n) is 9.28. The molecule has 0 bridgehead atoms. The van der Waals surface area contributed by atoms with Gasteiger partial charge in [-0.2, -0.15) is 0 Å². The Bertz CT molecular complexity index is 522. The lowest BCUT2D eigenvalue weighted by molar-refractivity contribution is 0.149. The molecule has 1 aromatic heterocycles. The second kappa shape index (κ2) is 4.90. The van der Waals surface area contributed by atoms with Crippen molar-refractivity contribution in [1.29, 1.82) is 0 Å². The van der Waals surface area contributed by atoms with E-state index in [2.05, 4.69) is 0 Å². The topological polar surface area (TPSA) is 33.4 Å². The average Bonchev–Trinajstić information content (AvgIpc) is 2.70. The Morgan fingerprint density at radius 2 is 2.12 bits per heavy atom. The molecule has 90 valence electrons. The van der Waals surface area contributed by atoms with Gasteiger partial charge < -0.3 is 9.52 Å². The van der Waals surface area contributed by atoms with E-state index < -0.39 is 6.10 Å². The average molecular weight is 255 g/mol. The molecule has 1 heterocycles. The maximum absolute atomic E-state index is 13.0. The van der Waals surface area contributed by atoms with Crippen LogP contribution in [0.1, 0.15) is 23.2 Å². The summed E-state index contributed by atoms with van der Waals surface area (Å²) >= 11 is 5.92. The van der Waals surface area contributed by atoms with Gasteiger partial charge in [-0.3, -0.25) is 0 Å². The first-order chi connectivity index (χ1) is 8.06. The molecule has 2 nitrogen and oxygen atoms in total. The van der Waals surface area contributed by atoms with Crippen molar-refractivity contribution in [3.05, 3.63) is 58.3 Å². The molecule has 0 saturated heterocycles. The summed E-state index contributed by atoms with van der Waals surface area (Å²) in [6.45, 7) is 1.80. The van der Waals surface area contributed by atoms with E-state index in [9.17, 15) is 9.50 Å². The number of furan rings is 1. The molecule has 0 amide bonds. The van der Waals surface area contributed by atoms with Crippen LogP contribution in [0.25, 0.3) is 0 Å². The third-order valence-corrected chi connectivity index (χ3v) is 2.88. The molecule has 1 atom stereocenters. The standard InChI is InChI=1S/C13H12ClFO2/c1-8-2-5-13(17-8)12(16)7-9-6-10(15)3-4-11(9)14/h2-6,12,16H,7H2,1H3. The summed E-state index contributed by atoms with van der Waals surface area (Å²) in [7, 11) is 0. The molecule has 0 saturated carbocycles. The van der Waals surface area contributed by atoms with Crippen LogP contribution < -0.4 is 0 Å². The lowest BCUT2D eigenvalue weighted by Crippen LogP contribution is -2.01. The molecular weight excluding hydrogens is 243 g/mol. The van der Waals surface area contributed by atoms with E-state index in [-0.39, 0.29) is 12.2 Å². The van der Waals surface area contributed by atoms with E-state index in [0.29, 0.717) is 16.3 Å². The molecule has 1 N–H and O–H groups in total. The molecule has 0 aliphatic heterocycles. The van der Waals surface area contributed by atoms with Crippen LogP contribution in [-0.2, 0) is 6.42 Å². The number of rotatable bonds is 3.